The summed E-state index contributed by atoms with van der Waals surface area (Å²) in [5.74, 6) is 1.72. The average molecular weight is 324 g/mol. The normalized spacial score (nSPS) is 25.3. The van der Waals surface area contributed by atoms with Gasteiger partial charge in [-0.1, -0.05) is 48.2 Å². The van der Waals surface area contributed by atoms with Crippen molar-refractivity contribution in [1.29, 1.82) is 0 Å². The predicted octanol–water partition coefficient (Wildman–Crippen LogP) is 5.23. The molecule has 0 saturated heterocycles. The minimum Gasteiger partial charge on any atom is -0.313 e. The number of hydrogen-bond acceptors (Lipinski definition) is 1. The molecule has 2 heteroatoms. The summed E-state index contributed by atoms with van der Waals surface area (Å²) in [5.41, 5.74) is 2.78. The van der Waals surface area contributed by atoms with Crippen molar-refractivity contribution >= 4 is 15.9 Å². The Kier molecular flexibility index (Phi) is 5.47. The van der Waals surface area contributed by atoms with E-state index in [0.717, 1.165) is 11.8 Å². The highest BCUT2D eigenvalue weighted by Gasteiger charge is 2.28. The summed E-state index contributed by atoms with van der Waals surface area (Å²) in [6.45, 7) is 4.52. The van der Waals surface area contributed by atoms with E-state index in [9.17, 15) is 0 Å². The molecule has 0 radical (unpaired) electrons. The van der Waals surface area contributed by atoms with Crippen molar-refractivity contribution in [2.45, 2.75) is 52.0 Å². The summed E-state index contributed by atoms with van der Waals surface area (Å²) in [7, 11) is 2.11. The average Bonchev–Trinajstić information content (AvgIpc) is 2.39. The molecule has 0 aromatic heterocycles. The van der Waals surface area contributed by atoms with Crippen molar-refractivity contribution < 1.29 is 0 Å². The molecule has 1 nitrogen and oxygen atoms in total. The molecule has 19 heavy (non-hydrogen) atoms. The molecule has 1 fully saturated rings. The van der Waals surface area contributed by atoms with E-state index >= 15 is 0 Å². The molecule has 1 aromatic rings. The minimum atomic E-state index is 0.505. The highest BCUT2D eigenvalue weighted by molar-refractivity contribution is 9.10. The topological polar surface area (TPSA) is 12.0 Å². The zero-order chi connectivity index (χ0) is 13.8. The number of nitrogens with one attached hydrogen (secondary N) is 1. The first-order valence-corrected chi connectivity index (χ1v) is 8.37. The van der Waals surface area contributed by atoms with E-state index in [1.165, 1.54) is 47.7 Å². The number of benzene rings is 1. The van der Waals surface area contributed by atoms with E-state index < -0.39 is 0 Å². The number of hydrogen-bond donors (Lipinski definition) is 1. The molecule has 2 rings (SSSR count). The van der Waals surface area contributed by atoms with Crippen LogP contribution in [0.2, 0.25) is 0 Å². The van der Waals surface area contributed by atoms with Gasteiger partial charge < -0.3 is 5.32 Å². The molecule has 106 valence electrons. The van der Waals surface area contributed by atoms with Gasteiger partial charge in [-0.15, -0.1) is 0 Å². The molecule has 1 N–H and O–H groups in total. The Labute approximate surface area is 126 Å². The molecule has 3 unspecified atom stereocenters. The van der Waals surface area contributed by atoms with Crippen LogP contribution in [0.5, 0.6) is 0 Å². The van der Waals surface area contributed by atoms with Crippen LogP contribution < -0.4 is 5.32 Å². The zero-order valence-corrected chi connectivity index (χ0v) is 14.0. The maximum atomic E-state index is 3.63. The van der Waals surface area contributed by atoms with Gasteiger partial charge in [-0.3, -0.25) is 0 Å². The monoisotopic (exact) mass is 323 g/mol. The summed E-state index contributed by atoms with van der Waals surface area (Å²) < 4.78 is 1.20. The number of halogens is 1. The number of aryl methyl sites for hydroxylation is 1. The van der Waals surface area contributed by atoms with Crippen molar-refractivity contribution in [3.63, 3.8) is 0 Å². The predicted molar refractivity (Wildman–Crippen MR) is 86.4 cm³/mol. The Bertz CT molecular complexity index is 395. The summed E-state index contributed by atoms with van der Waals surface area (Å²) in [5, 5.41) is 3.57. The lowest BCUT2D eigenvalue weighted by atomic mass is 9.75. The van der Waals surface area contributed by atoms with Crippen LogP contribution in [-0.2, 0) is 0 Å². The first-order valence-electron chi connectivity index (χ1n) is 7.58. The van der Waals surface area contributed by atoms with Crippen LogP contribution in [0.1, 0.15) is 56.2 Å². The molecule has 1 saturated carbocycles. The lowest BCUT2D eigenvalue weighted by Crippen LogP contribution is -2.29. The van der Waals surface area contributed by atoms with Crippen LogP contribution in [0.4, 0.5) is 0 Å². The Morgan fingerprint density at radius 1 is 1.32 bits per heavy atom. The molecule has 0 aliphatic heterocycles. The fourth-order valence-corrected chi connectivity index (χ4v) is 4.25. The van der Waals surface area contributed by atoms with Gasteiger partial charge in [0, 0.05) is 10.5 Å². The minimum absolute atomic E-state index is 0.505. The molecule has 1 aliphatic rings. The fourth-order valence-electron chi connectivity index (χ4n) is 3.62. The quantitative estimate of drug-likeness (QED) is 0.799. The maximum absolute atomic E-state index is 3.63. The smallest absolute Gasteiger partial charge is 0.0346 e. The van der Waals surface area contributed by atoms with E-state index in [2.05, 4.69) is 60.3 Å². The largest absolute Gasteiger partial charge is 0.313 e. The summed E-state index contributed by atoms with van der Waals surface area (Å²) in [6, 6.07) is 7.31. The van der Waals surface area contributed by atoms with Gasteiger partial charge in [0.2, 0.25) is 0 Å². The van der Waals surface area contributed by atoms with Gasteiger partial charge >= 0.3 is 0 Å². The van der Waals surface area contributed by atoms with E-state index in [0.29, 0.717) is 6.04 Å². The molecule has 0 spiro atoms. The van der Waals surface area contributed by atoms with Crippen molar-refractivity contribution in [2.75, 3.05) is 7.05 Å². The highest BCUT2D eigenvalue weighted by Crippen LogP contribution is 2.38. The van der Waals surface area contributed by atoms with Crippen LogP contribution in [0, 0.1) is 18.8 Å². The van der Waals surface area contributed by atoms with E-state index in [4.69, 9.17) is 0 Å². The second-order valence-electron chi connectivity index (χ2n) is 6.03. The number of rotatable bonds is 4. The third-order valence-electron chi connectivity index (χ3n) is 4.61. The summed E-state index contributed by atoms with van der Waals surface area (Å²) in [4.78, 5) is 0. The van der Waals surface area contributed by atoms with Gasteiger partial charge in [0.05, 0.1) is 0 Å². The van der Waals surface area contributed by atoms with Crippen LogP contribution in [0.15, 0.2) is 22.7 Å². The van der Waals surface area contributed by atoms with Crippen LogP contribution in [-0.4, -0.2) is 7.05 Å². The Morgan fingerprint density at radius 2 is 2.11 bits per heavy atom. The lowest BCUT2D eigenvalue weighted by molar-refractivity contribution is 0.214. The standard InChI is InChI=1S/C17H26BrN/c1-4-13-6-5-7-14(10-13)17(19-3)15-8-12(2)9-16(18)11-15/h8-9,11,13-14,17,19H,4-7,10H2,1-3H3. The zero-order valence-electron chi connectivity index (χ0n) is 12.4. The summed E-state index contributed by atoms with van der Waals surface area (Å²) >= 11 is 3.63. The second kappa shape index (κ2) is 6.90. The first-order chi connectivity index (χ1) is 9.13. The Hall–Kier alpha value is -0.340. The molecular formula is C17H26BrN. The van der Waals surface area contributed by atoms with Crippen molar-refractivity contribution in [2.24, 2.45) is 11.8 Å². The molecule has 1 aliphatic carbocycles. The van der Waals surface area contributed by atoms with Gasteiger partial charge in [-0.05, 0) is 61.9 Å². The van der Waals surface area contributed by atoms with Gasteiger partial charge in [0.1, 0.15) is 0 Å². The maximum Gasteiger partial charge on any atom is 0.0346 e. The van der Waals surface area contributed by atoms with Crippen LogP contribution in [0.3, 0.4) is 0 Å². The van der Waals surface area contributed by atoms with Crippen LogP contribution >= 0.6 is 15.9 Å². The molecule has 3 atom stereocenters. The molecular weight excluding hydrogens is 298 g/mol. The van der Waals surface area contributed by atoms with Crippen molar-refractivity contribution in [3.05, 3.63) is 33.8 Å². The van der Waals surface area contributed by atoms with Gasteiger partial charge in [-0.2, -0.15) is 0 Å². The van der Waals surface area contributed by atoms with Crippen LogP contribution in [0.25, 0.3) is 0 Å². The first kappa shape index (κ1) is 15.1. The fraction of sp³-hybridized carbons (Fsp3) is 0.647. The van der Waals surface area contributed by atoms with E-state index in [1.54, 1.807) is 0 Å². The van der Waals surface area contributed by atoms with Crippen molar-refractivity contribution in [3.8, 4) is 0 Å². The molecule has 0 bridgehead atoms. The molecule has 1 aromatic carbocycles. The highest BCUT2D eigenvalue weighted by atomic mass is 79.9. The van der Waals surface area contributed by atoms with Crippen molar-refractivity contribution in [1.82, 2.24) is 5.32 Å². The lowest BCUT2D eigenvalue weighted by Gasteiger charge is -2.34. The summed E-state index contributed by atoms with van der Waals surface area (Å²) in [6.07, 6.45) is 6.92. The third kappa shape index (κ3) is 3.82. The van der Waals surface area contributed by atoms with Gasteiger partial charge in [-0.25, -0.2) is 0 Å². The van der Waals surface area contributed by atoms with E-state index in [-0.39, 0.29) is 0 Å². The van der Waals surface area contributed by atoms with E-state index in [1.807, 2.05) is 0 Å². The van der Waals surface area contributed by atoms with Gasteiger partial charge in [0.15, 0.2) is 0 Å². The molecule has 0 heterocycles. The van der Waals surface area contributed by atoms with Gasteiger partial charge in [0.25, 0.3) is 0 Å². The SMILES string of the molecule is CCC1CCCC(C(NC)c2cc(C)cc(Br)c2)C1. The Balaban J connectivity index is 2.18. The third-order valence-corrected chi connectivity index (χ3v) is 5.06. The Morgan fingerprint density at radius 3 is 2.74 bits per heavy atom. The second-order valence-corrected chi connectivity index (χ2v) is 6.94. The molecule has 0 amide bonds.